The Kier molecular flexibility index (Phi) is 7.03. The lowest BCUT2D eigenvalue weighted by atomic mass is 10.1. The minimum absolute atomic E-state index is 0.0547. The van der Waals surface area contributed by atoms with E-state index in [0.29, 0.717) is 13.0 Å². The molecule has 1 aromatic rings. The third-order valence-electron chi connectivity index (χ3n) is 2.71. The topological polar surface area (TPSA) is 69.4 Å². The molecule has 0 fully saturated rings. The number of hydrogen-bond donors (Lipinski definition) is 0. The zero-order chi connectivity index (χ0) is 14.8. The van der Waals surface area contributed by atoms with Crippen LogP contribution in [0.1, 0.15) is 31.7 Å². The molecule has 0 spiro atoms. The highest BCUT2D eigenvalue weighted by Gasteiger charge is 2.06. The Morgan fingerprint density at radius 3 is 2.60 bits per heavy atom. The molecule has 20 heavy (non-hydrogen) atoms. The minimum atomic E-state index is -0.443. The molecular formula is C15H19NO4. The molecule has 0 aliphatic rings. The number of non-ortho nitro benzene ring substituents is 1. The first-order valence-electron chi connectivity index (χ1n) is 6.67. The van der Waals surface area contributed by atoms with Crippen molar-refractivity contribution >= 4 is 11.7 Å². The molecule has 0 aliphatic heterocycles. The van der Waals surface area contributed by atoms with Gasteiger partial charge in [0.25, 0.3) is 5.69 Å². The number of carbonyl (C=O) groups is 1. The van der Waals surface area contributed by atoms with Crippen molar-refractivity contribution in [1.29, 1.82) is 0 Å². The van der Waals surface area contributed by atoms with Crippen molar-refractivity contribution in [3.8, 4) is 0 Å². The molecule has 0 heterocycles. The molecular weight excluding hydrogens is 258 g/mol. The highest BCUT2D eigenvalue weighted by molar-refractivity contribution is 5.69. The monoisotopic (exact) mass is 277 g/mol. The molecule has 0 unspecified atom stereocenters. The lowest BCUT2D eigenvalue weighted by molar-refractivity contribution is -0.384. The van der Waals surface area contributed by atoms with Crippen molar-refractivity contribution in [1.82, 2.24) is 0 Å². The summed E-state index contributed by atoms with van der Waals surface area (Å²) in [6.07, 6.45) is 6.55. The molecule has 0 radical (unpaired) electrons. The number of benzene rings is 1. The van der Waals surface area contributed by atoms with E-state index >= 15 is 0 Å². The molecule has 0 aliphatic carbocycles. The number of nitro groups is 1. The largest absolute Gasteiger partial charge is 0.465 e. The SMILES string of the molecule is CC/C=C\CCOC(=O)CCc1ccc([N+](=O)[O-])cc1. The first-order chi connectivity index (χ1) is 9.63. The number of nitrogens with zero attached hydrogens (tertiary/aromatic N) is 1. The minimum Gasteiger partial charge on any atom is -0.465 e. The Labute approximate surface area is 118 Å². The van der Waals surface area contributed by atoms with E-state index in [1.54, 1.807) is 12.1 Å². The molecule has 0 N–H and O–H groups in total. The zero-order valence-corrected chi connectivity index (χ0v) is 11.6. The Bertz CT molecular complexity index is 465. The van der Waals surface area contributed by atoms with Gasteiger partial charge in [-0.1, -0.05) is 31.2 Å². The number of hydrogen-bond acceptors (Lipinski definition) is 4. The summed E-state index contributed by atoms with van der Waals surface area (Å²) in [5, 5.41) is 10.5. The fourth-order valence-corrected chi connectivity index (χ4v) is 1.63. The van der Waals surface area contributed by atoms with Crippen molar-refractivity contribution < 1.29 is 14.5 Å². The van der Waals surface area contributed by atoms with Crippen LogP contribution >= 0.6 is 0 Å². The lowest BCUT2D eigenvalue weighted by Crippen LogP contribution is -2.06. The molecule has 0 aromatic heterocycles. The second kappa shape index (κ2) is 8.85. The number of esters is 1. The first kappa shape index (κ1) is 15.9. The fraction of sp³-hybridized carbons (Fsp3) is 0.400. The van der Waals surface area contributed by atoms with E-state index in [9.17, 15) is 14.9 Å². The van der Waals surface area contributed by atoms with Crippen molar-refractivity contribution in [2.75, 3.05) is 6.61 Å². The van der Waals surface area contributed by atoms with Gasteiger partial charge in [0.15, 0.2) is 0 Å². The van der Waals surface area contributed by atoms with Gasteiger partial charge >= 0.3 is 5.97 Å². The van der Waals surface area contributed by atoms with E-state index in [0.717, 1.165) is 18.4 Å². The molecule has 108 valence electrons. The van der Waals surface area contributed by atoms with Crippen molar-refractivity contribution in [2.24, 2.45) is 0 Å². The second-order valence-electron chi connectivity index (χ2n) is 4.31. The van der Waals surface area contributed by atoms with Crippen LogP contribution in [0.2, 0.25) is 0 Å². The average molecular weight is 277 g/mol. The molecule has 5 heteroatoms. The Hall–Kier alpha value is -2.17. The fourth-order valence-electron chi connectivity index (χ4n) is 1.63. The zero-order valence-electron chi connectivity index (χ0n) is 11.6. The maximum atomic E-state index is 11.5. The maximum Gasteiger partial charge on any atom is 0.306 e. The third kappa shape index (κ3) is 6.13. The molecule has 0 saturated heterocycles. The van der Waals surface area contributed by atoms with E-state index in [-0.39, 0.29) is 18.1 Å². The van der Waals surface area contributed by atoms with Gasteiger partial charge in [-0.05, 0) is 24.8 Å². The van der Waals surface area contributed by atoms with Crippen LogP contribution in [-0.2, 0) is 16.0 Å². The highest BCUT2D eigenvalue weighted by atomic mass is 16.6. The maximum absolute atomic E-state index is 11.5. The van der Waals surface area contributed by atoms with Crippen LogP contribution in [-0.4, -0.2) is 17.5 Å². The summed E-state index contributed by atoms with van der Waals surface area (Å²) in [6.45, 7) is 2.45. The Balaban J connectivity index is 2.26. The summed E-state index contributed by atoms with van der Waals surface area (Å²) in [5.41, 5.74) is 0.942. The smallest absolute Gasteiger partial charge is 0.306 e. The molecule has 0 bridgehead atoms. The van der Waals surface area contributed by atoms with E-state index in [1.807, 2.05) is 19.1 Å². The number of carbonyl (C=O) groups excluding carboxylic acids is 1. The van der Waals surface area contributed by atoms with Gasteiger partial charge in [-0.25, -0.2) is 0 Å². The summed E-state index contributed by atoms with van der Waals surface area (Å²) in [7, 11) is 0. The molecule has 0 saturated carbocycles. The van der Waals surface area contributed by atoms with Gasteiger partial charge in [0.2, 0.25) is 0 Å². The van der Waals surface area contributed by atoms with Crippen LogP contribution < -0.4 is 0 Å². The molecule has 0 atom stereocenters. The quantitative estimate of drug-likeness (QED) is 0.240. The van der Waals surface area contributed by atoms with E-state index in [1.165, 1.54) is 12.1 Å². The van der Waals surface area contributed by atoms with Gasteiger partial charge in [-0.3, -0.25) is 14.9 Å². The summed E-state index contributed by atoms with van der Waals surface area (Å²) >= 11 is 0. The van der Waals surface area contributed by atoms with Crippen LogP contribution in [0.5, 0.6) is 0 Å². The summed E-state index contributed by atoms with van der Waals surface area (Å²) in [4.78, 5) is 21.5. The van der Waals surface area contributed by atoms with Gasteiger partial charge in [-0.15, -0.1) is 0 Å². The van der Waals surface area contributed by atoms with Crippen LogP contribution in [0, 0.1) is 10.1 Å². The number of aryl methyl sites for hydroxylation is 1. The number of ether oxygens (including phenoxy) is 1. The highest BCUT2D eigenvalue weighted by Crippen LogP contribution is 2.13. The van der Waals surface area contributed by atoms with Gasteiger partial charge in [-0.2, -0.15) is 0 Å². The van der Waals surface area contributed by atoms with Gasteiger partial charge in [0, 0.05) is 18.6 Å². The van der Waals surface area contributed by atoms with Gasteiger partial charge in [0.1, 0.15) is 0 Å². The molecule has 1 aromatic carbocycles. The third-order valence-corrected chi connectivity index (χ3v) is 2.71. The summed E-state index contributed by atoms with van der Waals surface area (Å²) in [5.74, 6) is -0.242. The van der Waals surface area contributed by atoms with Crippen LogP contribution in [0.3, 0.4) is 0 Å². The lowest BCUT2D eigenvalue weighted by Gasteiger charge is -2.03. The van der Waals surface area contributed by atoms with Crippen LogP contribution in [0.4, 0.5) is 5.69 Å². The number of rotatable bonds is 8. The molecule has 0 amide bonds. The predicted octanol–water partition coefficient (Wildman–Crippen LogP) is 3.43. The Morgan fingerprint density at radius 2 is 2.00 bits per heavy atom. The average Bonchev–Trinajstić information content (AvgIpc) is 2.45. The Morgan fingerprint density at radius 1 is 1.30 bits per heavy atom. The van der Waals surface area contributed by atoms with Gasteiger partial charge in [0.05, 0.1) is 11.5 Å². The van der Waals surface area contributed by atoms with E-state index in [4.69, 9.17) is 4.74 Å². The normalized spacial score (nSPS) is 10.7. The predicted molar refractivity (Wildman–Crippen MR) is 76.4 cm³/mol. The standard InChI is InChI=1S/C15H19NO4/c1-2-3-4-5-12-20-15(17)11-8-13-6-9-14(10-7-13)16(18)19/h3-4,6-7,9-10H,2,5,8,11-12H2,1H3/b4-3-. The summed E-state index contributed by atoms with van der Waals surface area (Å²) in [6, 6.07) is 6.21. The van der Waals surface area contributed by atoms with E-state index in [2.05, 4.69) is 0 Å². The van der Waals surface area contributed by atoms with Crippen molar-refractivity contribution in [3.05, 3.63) is 52.1 Å². The van der Waals surface area contributed by atoms with E-state index < -0.39 is 4.92 Å². The molecule has 1 rings (SSSR count). The van der Waals surface area contributed by atoms with Crippen molar-refractivity contribution in [2.45, 2.75) is 32.6 Å². The first-order valence-corrected chi connectivity index (χ1v) is 6.67. The van der Waals surface area contributed by atoms with Crippen molar-refractivity contribution in [3.63, 3.8) is 0 Å². The summed E-state index contributed by atoms with van der Waals surface area (Å²) < 4.78 is 5.07. The molecule has 5 nitrogen and oxygen atoms in total. The second-order valence-corrected chi connectivity index (χ2v) is 4.31. The van der Waals surface area contributed by atoms with Gasteiger partial charge < -0.3 is 4.74 Å². The van der Waals surface area contributed by atoms with Crippen LogP contribution in [0.25, 0.3) is 0 Å². The number of allylic oxidation sites excluding steroid dienone is 1. The van der Waals surface area contributed by atoms with Crippen LogP contribution in [0.15, 0.2) is 36.4 Å². The number of nitro benzene ring substituents is 1.